The van der Waals surface area contributed by atoms with E-state index in [0.717, 1.165) is 12.0 Å². The highest BCUT2D eigenvalue weighted by atomic mass is 16.2. The van der Waals surface area contributed by atoms with E-state index in [1.807, 2.05) is 12.1 Å². The highest BCUT2D eigenvalue weighted by molar-refractivity contribution is 5.77. The number of rotatable bonds is 4. The molecule has 0 aliphatic rings. The summed E-state index contributed by atoms with van der Waals surface area (Å²) in [5.74, 6) is -0.210. The molecule has 0 aromatic carbocycles. The summed E-state index contributed by atoms with van der Waals surface area (Å²) in [5, 5.41) is 2.53. The molecule has 1 aromatic heterocycles. The van der Waals surface area contributed by atoms with Crippen molar-refractivity contribution < 1.29 is 9.59 Å². The summed E-state index contributed by atoms with van der Waals surface area (Å²) in [6.07, 6.45) is 2.81. The van der Waals surface area contributed by atoms with Crippen LogP contribution in [0.3, 0.4) is 0 Å². The Bertz CT molecular complexity index is 311. The Balaban J connectivity index is 2.57. The second kappa shape index (κ2) is 5.11. The minimum atomic E-state index is -0.484. The number of nitrogens with zero attached hydrogens (tertiary/aromatic N) is 1. The Kier molecular flexibility index (Phi) is 3.79. The van der Waals surface area contributed by atoms with Crippen LogP contribution in [0, 0.1) is 0 Å². The second-order valence-electron chi connectivity index (χ2n) is 2.97. The van der Waals surface area contributed by atoms with Gasteiger partial charge >= 0.3 is 0 Å². The molecule has 1 aromatic rings. The van der Waals surface area contributed by atoms with Gasteiger partial charge in [0, 0.05) is 25.2 Å². The van der Waals surface area contributed by atoms with Gasteiger partial charge in [-0.05, 0) is 12.1 Å². The fourth-order valence-electron chi connectivity index (χ4n) is 1.14. The lowest BCUT2D eigenvalue weighted by atomic mass is 10.1. The molecule has 0 aliphatic heterocycles. The van der Waals surface area contributed by atoms with Gasteiger partial charge in [0.05, 0.1) is 6.04 Å². The maximum Gasteiger partial charge on any atom is 0.217 e. The highest BCUT2D eigenvalue weighted by Gasteiger charge is 2.09. The van der Waals surface area contributed by atoms with Crippen LogP contribution >= 0.6 is 0 Å². The van der Waals surface area contributed by atoms with Crippen molar-refractivity contribution in [2.75, 3.05) is 0 Å². The SMILES string of the molecule is CC(=O)N[C@@H](C=O)Cc1ccccn1. The Hall–Kier alpha value is -1.71. The molecule has 0 aliphatic carbocycles. The fraction of sp³-hybridized carbons (Fsp3) is 0.300. The van der Waals surface area contributed by atoms with E-state index in [9.17, 15) is 9.59 Å². The zero-order valence-corrected chi connectivity index (χ0v) is 7.93. The van der Waals surface area contributed by atoms with Crippen LogP contribution in [-0.2, 0) is 16.0 Å². The van der Waals surface area contributed by atoms with E-state index < -0.39 is 6.04 Å². The van der Waals surface area contributed by atoms with E-state index in [0.29, 0.717) is 6.42 Å². The van der Waals surface area contributed by atoms with Crippen molar-refractivity contribution >= 4 is 12.2 Å². The highest BCUT2D eigenvalue weighted by Crippen LogP contribution is 1.97. The average Bonchev–Trinajstić information content (AvgIpc) is 2.17. The number of aldehydes is 1. The molecular formula is C10H12N2O2. The summed E-state index contributed by atoms with van der Waals surface area (Å²) in [5.41, 5.74) is 0.790. The summed E-state index contributed by atoms with van der Waals surface area (Å²) in [7, 11) is 0. The number of nitrogens with one attached hydrogen (secondary N) is 1. The van der Waals surface area contributed by atoms with Crippen LogP contribution in [0.1, 0.15) is 12.6 Å². The lowest BCUT2D eigenvalue weighted by molar-refractivity contribution is -0.122. The number of amides is 1. The third-order valence-corrected chi connectivity index (χ3v) is 1.71. The predicted molar refractivity (Wildman–Crippen MR) is 51.6 cm³/mol. The first-order valence-electron chi connectivity index (χ1n) is 4.34. The molecule has 0 saturated carbocycles. The summed E-state index contributed by atoms with van der Waals surface area (Å²) in [6, 6.07) is 4.98. The monoisotopic (exact) mass is 192 g/mol. The van der Waals surface area contributed by atoms with Crippen LogP contribution in [0.4, 0.5) is 0 Å². The van der Waals surface area contributed by atoms with Gasteiger partial charge in [0.15, 0.2) is 0 Å². The lowest BCUT2D eigenvalue weighted by Crippen LogP contribution is -2.36. The summed E-state index contributed by atoms with van der Waals surface area (Å²) in [4.78, 5) is 25.4. The van der Waals surface area contributed by atoms with Crippen molar-refractivity contribution in [1.29, 1.82) is 0 Å². The smallest absolute Gasteiger partial charge is 0.217 e. The van der Waals surface area contributed by atoms with E-state index in [1.165, 1.54) is 6.92 Å². The number of carbonyl (C=O) groups is 2. The van der Waals surface area contributed by atoms with E-state index >= 15 is 0 Å². The van der Waals surface area contributed by atoms with Crippen molar-refractivity contribution in [3.63, 3.8) is 0 Å². The van der Waals surface area contributed by atoms with E-state index in [4.69, 9.17) is 0 Å². The number of hydrogen-bond donors (Lipinski definition) is 1. The largest absolute Gasteiger partial charge is 0.346 e. The Labute approximate surface area is 82.3 Å². The van der Waals surface area contributed by atoms with Gasteiger partial charge in [-0.15, -0.1) is 0 Å². The van der Waals surface area contributed by atoms with E-state index in [-0.39, 0.29) is 5.91 Å². The van der Waals surface area contributed by atoms with Crippen molar-refractivity contribution in [2.24, 2.45) is 0 Å². The summed E-state index contributed by atoms with van der Waals surface area (Å²) < 4.78 is 0. The van der Waals surface area contributed by atoms with Gasteiger partial charge < -0.3 is 10.1 Å². The zero-order valence-electron chi connectivity index (χ0n) is 7.93. The minimum Gasteiger partial charge on any atom is -0.346 e. The van der Waals surface area contributed by atoms with Crippen LogP contribution in [0.15, 0.2) is 24.4 Å². The molecule has 14 heavy (non-hydrogen) atoms. The molecule has 74 valence electrons. The third-order valence-electron chi connectivity index (χ3n) is 1.71. The Morgan fingerprint density at radius 3 is 2.93 bits per heavy atom. The maximum atomic E-state index is 10.7. The molecule has 1 atom stereocenters. The number of hydrogen-bond acceptors (Lipinski definition) is 3. The van der Waals surface area contributed by atoms with Crippen LogP contribution in [0.5, 0.6) is 0 Å². The van der Waals surface area contributed by atoms with Crippen molar-refractivity contribution in [3.8, 4) is 0 Å². The minimum absolute atomic E-state index is 0.210. The average molecular weight is 192 g/mol. The topological polar surface area (TPSA) is 59.1 Å². The molecule has 0 bridgehead atoms. The van der Waals surface area contributed by atoms with Gasteiger partial charge in [-0.1, -0.05) is 6.07 Å². The maximum absolute atomic E-state index is 10.7. The van der Waals surface area contributed by atoms with Gasteiger partial charge in [0.2, 0.25) is 5.91 Å². The van der Waals surface area contributed by atoms with Gasteiger partial charge in [0.1, 0.15) is 6.29 Å². The third kappa shape index (κ3) is 3.35. The molecular weight excluding hydrogens is 180 g/mol. The number of aromatic nitrogens is 1. The first kappa shape index (κ1) is 10.4. The van der Waals surface area contributed by atoms with Crippen LogP contribution in [0.2, 0.25) is 0 Å². The fourth-order valence-corrected chi connectivity index (χ4v) is 1.14. The molecule has 4 heteroatoms. The second-order valence-corrected chi connectivity index (χ2v) is 2.97. The molecule has 0 saturated heterocycles. The Morgan fingerprint density at radius 1 is 1.64 bits per heavy atom. The van der Waals surface area contributed by atoms with Crippen molar-refractivity contribution in [3.05, 3.63) is 30.1 Å². The first-order valence-corrected chi connectivity index (χ1v) is 4.34. The molecule has 0 spiro atoms. The van der Waals surface area contributed by atoms with Crippen LogP contribution in [0.25, 0.3) is 0 Å². The molecule has 4 nitrogen and oxygen atoms in total. The van der Waals surface area contributed by atoms with E-state index in [2.05, 4.69) is 10.3 Å². The first-order chi connectivity index (χ1) is 6.72. The van der Waals surface area contributed by atoms with E-state index in [1.54, 1.807) is 12.3 Å². The molecule has 0 radical (unpaired) electrons. The standard InChI is InChI=1S/C10H12N2O2/c1-8(14)12-10(7-13)6-9-4-2-3-5-11-9/h2-5,7,10H,6H2,1H3,(H,12,14)/t10-/m1/s1. The van der Waals surface area contributed by atoms with Gasteiger partial charge in [-0.3, -0.25) is 9.78 Å². The molecule has 1 rings (SSSR count). The van der Waals surface area contributed by atoms with Crippen molar-refractivity contribution in [1.82, 2.24) is 10.3 Å². The molecule has 0 unspecified atom stereocenters. The normalized spacial score (nSPS) is 11.8. The quantitative estimate of drug-likeness (QED) is 0.699. The van der Waals surface area contributed by atoms with Crippen LogP contribution in [-0.4, -0.2) is 23.2 Å². The predicted octanol–water partition coefficient (Wildman–Crippen LogP) is 0.328. The molecule has 1 N–H and O–H groups in total. The Morgan fingerprint density at radius 2 is 2.43 bits per heavy atom. The molecule has 0 fully saturated rings. The van der Waals surface area contributed by atoms with Gasteiger partial charge in [-0.2, -0.15) is 0 Å². The van der Waals surface area contributed by atoms with Crippen LogP contribution < -0.4 is 5.32 Å². The van der Waals surface area contributed by atoms with Crippen molar-refractivity contribution in [2.45, 2.75) is 19.4 Å². The van der Waals surface area contributed by atoms with Gasteiger partial charge in [0.25, 0.3) is 0 Å². The van der Waals surface area contributed by atoms with Gasteiger partial charge in [-0.25, -0.2) is 0 Å². The number of pyridine rings is 1. The molecule has 1 heterocycles. The summed E-state index contributed by atoms with van der Waals surface area (Å²) >= 11 is 0. The summed E-state index contributed by atoms with van der Waals surface area (Å²) in [6.45, 7) is 1.38. The molecule has 1 amide bonds. The zero-order chi connectivity index (χ0) is 10.4. The lowest BCUT2D eigenvalue weighted by Gasteiger charge is -2.09. The number of carbonyl (C=O) groups excluding carboxylic acids is 2.